The van der Waals surface area contributed by atoms with Crippen LogP contribution in [-0.4, -0.2) is 16.3 Å². The van der Waals surface area contributed by atoms with Crippen LogP contribution in [-0.2, 0) is 11.2 Å². The Kier molecular flexibility index (Phi) is 5.19. The molecule has 0 aliphatic rings. The molecule has 0 aliphatic carbocycles. The zero-order valence-electron chi connectivity index (χ0n) is 10.7. The van der Waals surface area contributed by atoms with Crippen LogP contribution < -0.4 is 5.32 Å². The van der Waals surface area contributed by atoms with Crippen LogP contribution in [0.2, 0.25) is 0 Å². The van der Waals surface area contributed by atoms with E-state index in [-0.39, 0.29) is 16.3 Å². The van der Waals surface area contributed by atoms with Gasteiger partial charge in [-0.25, -0.2) is 0 Å². The Hall–Kier alpha value is -0.830. The predicted octanol–water partition coefficient (Wildman–Crippen LogP) is 3.30. The van der Waals surface area contributed by atoms with Crippen LogP contribution >= 0.6 is 15.9 Å². The lowest BCUT2D eigenvalue weighted by Gasteiger charge is -2.27. The summed E-state index contributed by atoms with van der Waals surface area (Å²) in [5, 5.41) is 3.04. The molecule has 2 nitrogen and oxygen atoms in total. The maximum atomic E-state index is 11.6. The van der Waals surface area contributed by atoms with Crippen LogP contribution in [0.15, 0.2) is 30.3 Å². The molecule has 94 valence electrons. The summed E-state index contributed by atoms with van der Waals surface area (Å²) in [4.78, 5) is 11.5. The van der Waals surface area contributed by atoms with Crippen molar-refractivity contribution in [2.45, 2.75) is 44.0 Å². The summed E-state index contributed by atoms with van der Waals surface area (Å²) in [6, 6.07) is 10.3. The molecule has 1 amide bonds. The lowest BCUT2D eigenvalue weighted by Crippen LogP contribution is -2.46. The van der Waals surface area contributed by atoms with Gasteiger partial charge >= 0.3 is 0 Å². The quantitative estimate of drug-likeness (QED) is 0.830. The van der Waals surface area contributed by atoms with Crippen molar-refractivity contribution in [1.29, 1.82) is 0 Å². The van der Waals surface area contributed by atoms with Gasteiger partial charge in [0.25, 0.3) is 0 Å². The summed E-state index contributed by atoms with van der Waals surface area (Å²) in [6.07, 6.45) is 1.91. The third-order valence-corrected chi connectivity index (χ3v) is 3.12. The predicted molar refractivity (Wildman–Crippen MR) is 75.4 cm³/mol. The Morgan fingerprint density at radius 1 is 1.35 bits per heavy atom. The number of hydrogen-bond acceptors (Lipinski definition) is 1. The van der Waals surface area contributed by atoms with E-state index in [1.54, 1.807) is 0 Å². The first kappa shape index (κ1) is 14.2. The SMILES string of the molecule is CC(Br)C(=O)NC(C)(C)CCc1ccccc1. The third-order valence-electron chi connectivity index (χ3n) is 2.70. The summed E-state index contributed by atoms with van der Waals surface area (Å²) < 4.78 is 0. The number of benzene rings is 1. The van der Waals surface area contributed by atoms with Gasteiger partial charge in [0.05, 0.1) is 4.83 Å². The van der Waals surface area contributed by atoms with Crippen LogP contribution in [0.4, 0.5) is 0 Å². The molecule has 1 N–H and O–H groups in total. The molecule has 0 aliphatic heterocycles. The second kappa shape index (κ2) is 6.20. The molecular formula is C14H20BrNO. The van der Waals surface area contributed by atoms with Gasteiger partial charge in [0.2, 0.25) is 5.91 Å². The van der Waals surface area contributed by atoms with Gasteiger partial charge in [0.1, 0.15) is 0 Å². The Bertz CT molecular complexity index is 360. The van der Waals surface area contributed by atoms with Gasteiger partial charge in [-0.1, -0.05) is 46.3 Å². The molecule has 17 heavy (non-hydrogen) atoms. The molecule has 0 aromatic heterocycles. The zero-order valence-corrected chi connectivity index (χ0v) is 12.3. The molecule has 1 aromatic rings. The molecule has 1 atom stereocenters. The van der Waals surface area contributed by atoms with Gasteiger partial charge in [-0.15, -0.1) is 0 Å². The number of rotatable bonds is 5. The molecule has 1 rings (SSSR count). The maximum Gasteiger partial charge on any atom is 0.233 e. The molecule has 0 radical (unpaired) electrons. The number of hydrogen-bond donors (Lipinski definition) is 1. The molecule has 1 aromatic carbocycles. The van der Waals surface area contributed by atoms with E-state index in [1.165, 1.54) is 5.56 Å². The van der Waals surface area contributed by atoms with E-state index in [0.29, 0.717) is 0 Å². The number of halogens is 1. The fourth-order valence-electron chi connectivity index (χ4n) is 1.60. The zero-order chi connectivity index (χ0) is 12.9. The van der Waals surface area contributed by atoms with E-state index < -0.39 is 0 Å². The lowest BCUT2D eigenvalue weighted by molar-refractivity contribution is -0.121. The second-order valence-corrected chi connectivity index (χ2v) is 6.35. The molecule has 0 fully saturated rings. The number of aryl methyl sites for hydroxylation is 1. The molecule has 0 saturated heterocycles. The van der Waals surface area contributed by atoms with Crippen LogP contribution in [0, 0.1) is 0 Å². The van der Waals surface area contributed by atoms with E-state index in [1.807, 2.05) is 25.1 Å². The average molecular weight is 298 g/mol. The maximum absolute atomic E-state index is 11.6. The number of nitrogens with one attached hydrogen (secondary N) is 1. The minimum absolute atomic E-state index is 0.0445. The molecule has 0 spiro atoms. The van der Waals surface area contributed by atoms with Gasteiger partial charge in [-0.05, 0) is 39.2 Å². The first-order chi connectivity index (χ1) is 7.91. The van der Waals surface area contributed by atoms with Crippen molar-refractivity contribution in [3.05, 3.63) is 35.9 Å². The standard InChI is InChI=1S/C14H20BrNO/c1-11(15)13(17)16-14(2,3)10-9-12-7-5-4-6-8-12/h4-8,11H,9-10H2,1-3H3,(H,16,17). The molecule has 0 saturated carbocycles. The average Bonchev–Trinajstić information content (AvgIpc) is 2.27. The van der Waals surface area contributed by atoms with Crippen LogP contribution in [0.25, 0.3) is 0 Å². The van der Waals surface area contributed by atoms with E-state index in [0.717, 1.165) is 12.8 Å². The fourth-order valence-corrected chi connectivity index (χ4v) is 1.71. The fraction of sp³-hybridized carbons (Fsp3) is 0.500. The van der Waals surface area contributed by atoms with Crippen molar-refractivity contribution in [1.82, 2.24) is 5.32 Å². The number of amides is 1. The summed E-state index contributed by atoms with van der Waals surface area (Å²) in [5.41, 5.74) is 1.14. The number of alkyl halides is 1. The molecule has 0 heterocycles. The topological polar surface area (TPSA) is 29.1 Å². The smallest absolute Gasteiger partial charge is 0.233 e. The van der Waals surface area contributed by atoms with E-state index in [9.17, 15) is 4.79 Å². The largest absolute Gasteiger partial charge is 0.350 e. The summed E-state index contributed by atoms with van der Waals surface area (Å²) in [7, 11) is 0. The molecule has 0 bridgehead atoms. The Labute approximate surface area is 112 Å². The molecule has 3 heteroatoms. The van der Waals surface area contributed by atoms with Gasteiger partial charge in [-0.2, -0.15) is 0 Å². The highest BCUT2D eigenvalue weighted by molar-refractivity contribution is 9.10. The minimum atomic E-state index is -0.172. The van der Waals surface area contributed by atoms with Crippen LogP contribution in [0.3, 0.4) is 0 Å². The number of carbonyl (C=O) groups is 1. The van der Waals surface area contributed by atoms with Crippen molar-refractivity contribution in [3.8, 4) is 0 Å². The lowest BCUT2D eigenvalue weighted by atomic mass is 9.95. The molecule has 1 unspecified atom stereocenters. The highest BCUT2D eigenvalue weighted by Gasteiger charge is 2.21. The number of carbonyl (C=O) groups excluding carboxylic acids is 1. The van der Waals surface area contributed by atoms with Crippen molar-refractivity contribution < 1.29 is 4.79 Å². The monoisotopic (exact) mass is 297 g/mol. The van der Waals surface area contributed by atoms with E-state index in [2.05, 4.69) is 47.2 Å². The minimum Gasteiger partial charge on any atom is -0.350 e. The molecular weight excluding hydrogens is 278 g/mol. The first-order valence-electron chi connectivity index (χ1n) is 5.91. The van der Waals surface area contributed by atoms with Gasteiger partial charge in [-0.3, -0.25) is 4.79 Å². The summed E-state index contributed by atoms with van der Waals surface area (Å²) in [6.45, 7) is 5.95. The van der Waals surface area contributed by atoms with Crippen LogP contribution in [0.1, 0.15) is 32.8 Å². The summed E-state index contributed by atoms with van der Waals surface area (Å²) in [5.74, 6) is 0.0445. The summed E-state index contributed by atoms with van der Waals surface area (Å²) >= 11 is 3.28. The highest BCUT2D eigenvalue weighted by atomic mass is 79.9. The Balaban J connectivity index is 2.47. The van der Waals surface area contributed by atoms with Crippen LogP contribution in [0.5, 0.6) is 0 Å². The van der Waals surface area contributed by atoms with Gasteiger partial charge in [0.15, 0.2) is 0 Å². The van der Waals surface area contributed by atoms with Crippen molar-refractivity contribution in [2.24, 2.45) is 0 Å². The first-order valence-corrected chi connectivity index (χ1v) is 6.82. The van der Waals surface area contributed by atoms with Crippen molar-refractivity contribution in [2.75, 3.05) is 0 Å². The van der Waals surface area contributed by atoms with E-state index in [4.69, 9.17) is 0 Å². The second-order valence-electron chi connectivity index (χ2n) is 4.97. The van der Waals surface area contributed by atoms with Gasteiger partial charge in [0, 0.05) is 5.54 Å². The Morgan fingerprint density at radius 2 is 1.94 bits per heavy atom. The van der Waals surface area contributed by atoms with Gasteiger partial charge < -0.3 is 5.32 Å². The van der Waals surface area contributed by atoms with Crippen molar-refractivity contribution >= 4 is 21.8 Å². The Morgan fingerprint density at radius 3 is 2.47 bits per heavy atom. The van der Waals surface area contributed by atoms with E-state index >= 15 is 0 Å². The highest BCUT2D eigenvalue weighted by Crippen LogP contribution is 2.14. The van der Waals surface area contributed by atoms with Crippen molar-refractivity contribution in [3.63, 3.8) is 0 Å². The third kappa shape index (κ3) is 5.35. The normalized spacial score (nSPS) is 13.2.